The van der Waals surface area contributed by atoms with Gasteiger partial charge in [-0.05, 0) is 32.0 Å². The van der Waals surface area contributed by atoms with Crippen LogP contribution in [-0.2, 0) is 19.5 Å². The first kappa shape index (κ1) is 19.6. The number of nitrogens with one attached hydrogen (secondary N) is 1. The Labute approximate surface area is 180 Å². The predicted octanol–water partition coefficient (Wildman–Crippen LogP) is 1.57. The van der Waals surface area contributed by atoms with Gasteiger partial charge in [0, 0.05) is 63.1 Å². The van der Waals surface area contributed by atoms with Crippen molar-refractivity contribution in [3.8, 4) is 0 Å². The number of aromatic nitrogens is 4. The molecule has 3 aromatic heterocycles. The summed E-state index contributed by atoms with van der Waals surface area (Å²) in [5, 5.41) is 9.86. The van der Waals surface area contributed by atoms with Crippen molar-refractivity contribution in [1.82, 2.24) is 29.3 Å². The van der Waals surface area contributed by atoms with E-state index in [9.17, 15) is 0 Å². The molecule has 0 amide bonds. The Morgan fingerprint density at radius 1 is 1.07 bits per heavy atom. The van der Waals surface area contributed by atoms with Crippen molar-refractivity contribution in [3.63, 3.8) is 0 Å². The zero-order valence-electron chi connectivity index (χ0n) is 17.4. The minimum absolute atomic E-state index is 0.634. The lowest BCUT2D eigenvalue weighted by atomic mass is 10.1. The number of fused-ring (bicyclic) bond motifs is 3. The maximum Gasteiger partial charge on any atom is 0.147 e. The van der Waals surface area contributed by atoms with Crippen LogP contribution in [0.15, 0.2) is 24.9 Å². The number of nitrogens with zero attached hydrogens (tertiary/aromatic N) is 7. The number of aryl methyl sites for hydroxylation is 1. The molecule has 0 bridgehead atoms. The molecule has 2 aliphatic heterocycles. The summed E-state index contributed by atoms with van der Waals surface area (Å²) in [6.45, 7) is 7.98. The number of thiophene rings is 1. The third kappa shape index (κ3) is 3.84. The monoisotopic (exact) mass is 424 g/mol. The fourth-order valence-corrected chi connectivity index (χ4v) is 5.73. The third-order valence-corrected chi connectivity index (χ3v) is 7.31. The van der Waals surface area contributed by atoms with Crippen LogP contribution < -0.4 is 10.4 Å². The lowest BCUT2D eigenvalue weighted by molar-refractivity contribution is 0.249. The van der Waals surface area contributed by atoms with Crippen LogP contribution in [0.2, 0.25) is 0 Å². The maximum atomic E-state index is 8.77. The first-order valence-corrected chi connectivity index (χ1v) is 11.5. The van der Waals surface area contributed by atoms with Gasteiger partial charge in [0.1, 0.15) is 16.1 Å². The SMILES string of the molecule is CN1CCc2c(sc3ncn(CCCN4CCN(c5cnccn5)CC4)c(=N)c23)C1. The lowest BCUT2D eigenvalue weighted by Gasteiger charge is -2.35. The zero-order valence-corrected chi connectivity index (χ0v) is 18.2. The van der Waals surface area contributed by atoms with Gasteiger partial charge in [-0.15, -0.1) is 11.3 Å². The molecule has 8 nitrogen and oxygen atoms in total. The topological polar surface area (TPSA) is 77.2 Å². The number of hydrogen-bond donors (Lipinski definition) is 1. The molecule has 0 unspecified atom stereocenters. The average molecular weight is 425 g/mol. The van der Waals surface area contributed by atoms with Crippen LogP contribution in [0.5, 0.6) is 0 Å². The predicted molar refractivity (Wildman–Crippen MR) is 119 cm³/mol. The Morgan fingerprint density at radius 2 is 1.93 bits per heavy atom. The van der Waals surface area contributed by atoms with Crippen molar-refractivity contribution in [2.75, 3.05) is 51.2 Å². The molecular weight excluding hydrogens is 396 g/mol. The quantitative estimate of drug-likeness (QED) is 0.670. The molecule has 0 aromatic carbocycles. The van der Waals surface area contributed by atoms with Crippen LogP contribution in [0.25, 0.3) is 10.2 Å². The summed E-state index contributed by atoms with van der Waals surface area (Å²) in [6.07, 6.45) is 9.23. The largest absolute Gasteiger partial charge is 0.353 e. The van der Waals surface area contributed by atoms with Gasteiger partial charge >= 0.3 is 0 Å². The van der Waals surface area contributed by atoms with Crippen molar-refractivity contribution in [1.29, 1.82) is 5.41 Å². The first-order valence-electron chi connectivity index (χ1n) is 10.6. The Hall–Kier alpha value is -2.36. The molecule has 1 fully saturated rings. The van der Waals surface area contributed by atoms with Gasteiger partial charge in [-0.25, -0.2) is 9.97 Å². The third-order valence-electron chi connectivity index (χ3n) is 6.19. The van der Waals surface area contributed by atoms with E-state index in [0.29, 0.717) is 5.49 Å². The summed E-state index contributed by atoms with van der Waals surface area (Å²) in [5.41, 5.74) is 2.00. The molecule has 0 atom stereocenters. The smallest absolute Gasteiger partial charge is 0.147 e. The Balaban J connectivity index is 1.19. The molecular formula is C21H28N8S. The van der Waals surface area contributed by atoms with Gasteiger partial charge in [0.25, 0.3) is 0 Å². The van der Waals surface area contributed by atoms with Crippen LogP contribution >= 0.6 is 11.3 Å². The number of likely N-dealkylation sites (N-methyl/N-ethyl adjacent to an activating group) is 1. The summed E-state index contributed by atoms with van der Waals surface area (Å²) in [6, 6.07) is 0. The standard InChI is InChI=1S/C21H28N8S/c1-26-8-3-16-17(14-26)30-21-19(16)20(22)29(15-25-21)7-2-6-27-9-11-28(12-10-27)18-13-23-4-5-24-18/h4-5,13,15,22H,2-3,6-12,14H2,1H3. The van der Waals surface area contributed by atoms with Gasteiger partial charge in [0.05, 0.1) is 17.9 Å². The highest BCUT2D eigenvalue weighted by Crippen LogP contribution is 2.31. The van der Waals surface area contributed by atoms with Crippen molar-refractivity contribution in [2.45, 2.75) is 25.9 Å². The van der Waals surface area contributed by atoms with Crippen molar-refractivity contribution in [2.24, 2.45) is 0 Å². The van der Waals surface area contributed by atoms with E-state index in [-0.39, 0.29) is 0 Å². The summed E-state index contributed by atoms with van der Waals surface area (Å²) >= 11 is 1.76. The van der Waals surface area contributed by atoms with E-state index in [1.165, 1.54) is 10.4 Å². The van der Waals surface area contributed by atoms with Gasteiger partial charge in [-0.2, -0.15) is 0 Å². The van der Waals surface area contributed by atoms with E-state index >= 15 is 0 Å². The molecule has 2 aliphatic rings. The van der Waals surface area contributed by atoms with Crippen LogP contribution in [0.1, 0.15) is 16.9 Å². The molecule has 5 rings (SSSR count). The number of hydrogen-bond acceptors (Lipinski definition) is 8. The zero-order chi connectivity index (χ0) is 20.5. The van der Waals surface area contributed by atoms with E-state index < -0.39 is 0 Å². The molecule has 0 saturated carbocycles. The number of piperazine rings is 1. The van der Waals surface area contributed by atoms with Gasteiger partial charge in [0.2, 0.25) is 0 Å². The van der Waals surface area contributed by atoms with Crippen LogP contribution in [-0.4, -0.2) is 75.6 Å². The summed E-state index contributed by atoms with van der Waals surface area (Å²) in [4.78, 5) is 22.8. The van der Waals surface area contributed by atoms with Crippen molar-refractivity contribution in [3.05, 3.63) is 40.8 Å². The average Bonchev–Trinajstić information content (AvgIpc) is 3.14. The molecule has 158 valence electrons. The van der Waals surface area contributed by atoms with Crippen LogP contribution in [0, 0.1) is 5.41 Å². The van der Waals surface area contributed by atoms with Crippen LogP contribution in [0.3, 0.4) is 0 Å². The number of anilines is 1. The van der Waals surface area contributed by atoms with E-state index in [1.54, 1.807) is 23.7 Å². The minimum Gasteiger partial charge on any atom is -0.353 e. The first-order chi connectivity index (χ1) is 14.7. The Morgan fingerprint density at radius 3 is 2.73 bits per heavy atom. The van der Waals surface area contributed by atoms with Gasteiger partial charge in [-0.3, -0.25) is 15.3 Å². The van der Waals surface area contributed by atoms with Gasteiger partial charge in [-0.1, -0.05) is 0 Å². The number of rotatable bonds is 5. The van der Waals surface area contributed by atoms with E-state index in [4.69, 9.17) is 10.4 Å². The molecule has 0 radical (unpaired) electrons. The highest BCUT2D eigenvalue weighted by molar-refractivity contribution is 7.18. The molecule has 3 aromatic rings. The normalized spacial score (nSPS) is 18.1. The molecule has 0 aliphatic carbocycles. The maximum absolute atomic E-state index is 8.77. The highest BCUT2D eigenvalue weighted by atomic mass is 32.1. The van der Waals surface area contributed by atoms with Crippen molar-refractivity contribution >= 4 is 27.4 Å². The molecule has 9 heteroatoms. The summed E-state index contributed by atoms with van der Waals surface area (Å²) < 4.78 is 2.03. The Kier molecular flexibility index (Phi) is 5.49. The van der Waals surface area contributed by atoms with E-state index in [0.717, 1.165) is 81.2 Å². The van der Waals surface area contributed by atoms with Gasteiger partial charge < -0.3 is 14.4 Å². The van der Waals surface area contributed by atoms with Gasteiger partial charge in [0.15, 0.2) is 0 Å². The highest BCUT2D eigenvalue weighted by Gasteiger charge is 2.21. The van der Waals surface area contributed by atoms with Crippen LogP contribution in [0.4, 0.5) is 5.82 Å². The molecule has 0 spiro atoms. The second kappa shape index (κ2) is 8.41. The fraction of sp³-hybridized carbons (Fsp3) is 0.524. The molecule has 1 N–H and O–H groups in total. The fourth-order valence-electron chi connectivity index (χ4n) is 4.46. The van der Waals surface area contributed by atoms with Crippen molar-refractivity contribution < 1.29 is 0 Å². The van der Waals surface area contributed by atoms with E-state index in [1.807, 2.05) is 17.1 Å². The second-order valence-electron chi connectivity index (χ2n) is 8.20. The second-order valence-corrected chi connectivity index (χ2v) is 9.29. The summed E-state index contributed by atoms with van der Waals surface area (Å²) in [5.74, 6) is 0.969. The lowest BCUT2D eigenvalue weighted by Crippen LogP contribution is -2.47. The molecule has 5 heterocycles. The molecule has 1 saturated heterocycles. The Bertz CT molecular complexity index is 1070. The molecule has 30 heavy (non-hydrogen) atoms. The minimum atomic E-state index is 0.634. The summed E-state index contributed by atoms with van der Waals surface area (Å²) in [7, 11) is 2.16. The van der Waals surface area contributed by atoms with E-state index in [2.05, 4.69) is 31.7 Å².